The second-order valence-corrected chi connectivity index (χ2v) is 6.66. The van der Waals surface area contributed by atoms with Crippen molar-refractivity contribution in [2.45, 2.75) is 6.18 Å². The number of nitrogens with zero attached hydrogens (tertiary/aromatic N) is 2. The van der Waals surface area contributed by atoms with Gasteiger partial charge in [0.05, 0.1) is 0 Å². The van der Waals surface area contributed by atoms with Crippen LogP contribution in [-0.2, 0) is 4.79 Å². The van der Waals surface area contributed by atoms with Gasteiger partial charge in [0, 0.05) is 37.9 Å². The van der Waals surface area contributed by atoms with Gasteiger partial charge in [-0.2, -0.15) is 13.2 Å². The van der Waals surface area contributed by atoms with Crippen molar-refractivity contribution in [2.24, 2.45) is 11.8 Å². The first-order valence-corrected chi connectivity index (χ1v) is 8.62. The van der Waals surface area contributed by atoms with E-state index in [1.165, 1.54) is 24.2 Å². The number of fused-ring (bicyclic) bond motifs is 1. The maximum absolute atomic E-state index is 10.6. The normalized spacial score (nSPS) is 21.4. The Morgan fingerprint density at radius 2 is 1.63 bits per heavy atom. The lowest BCUT2D eigenvalue weighted by Crippen LogP contribution is -2.26. The van der Waals surface area contributed by atoms with E-state index in [1.807, 2.05) is 12.3 Å². The van der Waals surface area contributed by atoms with Crippen LogP contribution in [-0.4, -0.2) is 48.4 Å². The SMILES string of the molecule is O=C(O)C(F)(F)F.c1ccc(-c2ccc(N3C[C@H]4CNC[C@H]4C3)nc2)cc1. The monoisotopic (exact) mass is 379 g/mol. The number of carboxylic acids is 1. The van der Waals surface area contributed by atoms with E-state index in [-0.39, 0.29) is 0 Å². The molecule has 2 atom stereocenters. The number of anilines is 1. The van der Waals surface area contributed by atoms with E-state index in [4.69, 9.17) is 9.90 Å². The third-order valence-electron chi connectivity index (χ3n) is 4.81. The lowest BCUT2D eigenvalue weighted by molar-refractivity contribution is -0.192. The molecule has 8 heteroatoms. The predicted molar refractivity (Wildman–Crippen MR) is 95.4 cm³/mol. The van der Waals surface area contributed by atoms with Gasteiger partial charge in [-0.1, -0.05) is 30.3 Å². The number of aromatic nitrogens is 1. The fourth-order valence-corrected chi connectivity index (χ4v) is 3.42. The molecule has 0 amide bonds. The standard InChI is InChI=1S/C17H19N3.C2HF3O2/c1-2-4-13(5-3-1)14-6-7-17(19-10-14)20-11-15-8-18-9-16(15)12-20;3-2(4,5)1(6)7/h1-7,10,15-16,18H,8-9,11-12H2;(H,6,7)/t15-,16+;. The zero-order valence-electron chi connectivity index (χ0n) is 14.5. The average molecular weight is 379 g/mol. The molecular weight excluding hydrogens is 359 g/mol. The van der Waals surface area contributed by atoms with Gasteiger partial charge in [-0.15, -0.1) is 0 Å². The molecule has 0 unspecified atom stereocenters. The molecular formula is C19H20F3N3O2. The number of carbonyl (C=O) groups is 1. The van der Waals surface area contributed by atoms with E-state index in [0.29, 0.717) is 0 Å². The minimum absolute atomic E-state index is 0.811. The van der Waals surface area contributed by atoms with Crippen molar-refractivity contribution in [1.82, 2.24) is 10.3 Å². The van der Waals surface area contributed by atoms with E-state index in [9.17, 15) is 13.2 Å². The summed E-state index contributed by atoms with van der Waals surface area (Å²) in [6.07, 6.45) is -3.09. The van der Waals surface area contributed by atoms with Crippen molar-refractivity contribution in [3.63, 3.8) is 0 Å². The van der Waals surface area contributed by atoms with Crippen LogP contribution in [0.1, 0.15) is 0 Å². The molecule has 2 aliphatic rings. The Hall–Kier alpha value is -2.61. The van der Waals surface area contributed by atoms with Gasteiger partial charge in [0.25, 0.3) is 0 Å². The van der Waals surface area contributed by atoms with Crippen molar-refractivity contribution < 1.29 is 23.1 Å². The van der Waals surface area contributed by atoms with Crippen LogP contribution in [0.25, 0.3) is 11.1 Å². The van der Waals surface area contributed by atoms with E-state index in [0.717, 1.165) is 30.7 Å². The molecule has 0 saturated carbocycles. The van der Waals surface area contributed by atoms with Crippen LogP contribution in [0.4, 0.5) is 19.0 Å². The summed E-state index contributed by atoms with van der Waals surface area (Å²) in [5.74, 6) is -0.0113. The highest BCUT2D eigenvalue weighted by atomic mass is 19.4. The first-order chi connectivity index (χ1) is 12.8. The van der Waals surface area contributed by atoms with Crippen LogP contribution in [0.3, 0.4) is 0 Å². The summed E-state index contributed by atoms with van der Waals surface area (Å²) in [7, 11) is 0. The molecule has 27 heavy (non-hydrogen) atoms. The van der Waals surface area contributed by atoms with Crippen molar-refractivity contribution in [3.05, 3.63) is 48.7 Å². The molecule has 2 N–H and O–H groups in total. The zero-order valence-corrected chi connectivity index (χ0v) is 14.5. The quantitative estimate of drug-likeness (QED) is 0.840. The van der Waals surface area contributed by atoms with Crippen molar-refractivity contribution in [2.75, 3.05) is 31.1 Å². The van der Waals surface area contributed by atoms with Gasteiger partial charge in [-0.25, -0.2) is 9.78 Å². The molecule has 2 saturated heterocycles. The van der Waals surface area contributed by atoms with Gasteiger partial charge < -0.3 is 15.3 Å². The number of aliphatic carboxylic acids is 1. The number of carboxylic acid groups (broad SMARTS) is 1. The molecule has 4 rings (SSSR count). The maximum atomic E-state index is 10.6. The molecule has 2 aliphatic heterocycles. The highest BCUT2D eigenvalue weighted by Gasteiger charge is 2.38. The first kappa shape index (κ1) is 19.2. The summed E-state index contributed by atoms with van der Waals surface area (Å²) in [4.78, 5) is 16.0. The average Bonchev–Trinajstić information content (AvgIpc) is 3.24. The first-order valence-electron chi connectivity index (χ1n) is 8.62. The highest BCUT2D eigenvalue weighted by molar-refractivity contribution is 5.73. The predicted octanol–water partition coefficient (Wildman–Crippen LogP) is 3.04. The molecule has 144 valence electrons. The lowest BCUT2D eigenvalue weighted by atomic mass is 10.0. The second-order valence-electron chi connectivity index (χ2n) is 6.66. The molecule has 2 fully saturated rings. The smallest absolute Gasteiger partial charge is 0.475 e. The highest BCUT2D eigenvalue weighted by Crippen LogP contribution is 2.30. The van der Waals surface area contributed by atoms with Gasteiger partial charge in [0.15, 0.2) is 0 Å². The fraction of sp³-hybridized carbons (Fsp3) is 0.368. The Morgan fingerprint density at radius 3 is 2.11 bits per heavy atom. The summed E-state index contributed by atoms with van der Waals surface area (Å²) in [5, 5.41) is 10.6. The Kier molecular flexibility index (Phi) is 5.65. The second kappa shape index (κ2) is 7.96. The van der Waals surface area contributed by atoms with Crippen LogP contribution in [0.5, 0.6) is 0 Å². The molecule has 0 bridgehead atoms. The fourth-order valence-electron chi connectivity index (χ4n) is 3.42. The Labute approximate surface area is 154 Å². The van der Waals surface area contributed by atoms with Gasteiger partial charge >= 0.3 is 12.1 Å². The van der Waals surface area contributed by atoms with Gasteiger partial charge in [0.2, 0.25) is 0 Å². The number of halogens is 3. The summed E-state index contributed by atoms with van der Waals surface area (Å²) >= 11 is 0. The largest absolute Gasteiger partial charge is 0.490 e. The summed E-state index contributed by atoms with van der Waals surface area (Å²) in [6.45, 7) is 4.64. The molecule has 3 heterocycles. The number of hydrogen-bond acceptors (Lipinski definition) is 4. The molecule has 0 radical (unpaired) electrons. The Morgan fingerprint density at radius 1 is 1.04 bits per heavy atom. The van der Waals surface area contributed by atoms with Crippen molar-refractivity contribution in [1.29, 1.82) is 0 Å². The van der Waals surface area contributed by atoms with Crippen LogP contribution >= 0.6 is 0 Å². The van der Waals surface area contributed by atoms with Gasteiger partial charge in [-0.3, -0.25) is 0 Å². The number of nitrogens with one attached hydrogen (secondary N) is 1. The van der Waals surface area contributed by atoms with E-state index < -0.39 is 12.1 Å². The Balaban J connectivity index is 0.000000260. The minimum Gasteiger partial charge on any atom is -0.475 e. The number of hydrogen-bond donors (Lipinski definition) is 2. The number of alkyl halides is 3. The molecule has 5 nitrogen and oxygen atoms in total. The van der Waals surface area contributed by atoms with E-state index in [2.05, 4.69) is 51.6 Å². The molecule has 0 spiro atoms. The van der Waals surface area contributed by atoms with Crippen LogP contribution in [0, 0.1) is 11.8 Å². The maximum Gasteiger partial charge on any atom is 0.490 e. The lowest BCUT2D eigenvalue weighted by Gasteiger charge is -2.18. The molecule has 1 aromatic heterocycles. The number of pyridine rings is 1. The summed E-state index contributed by atoms with van der Waals surface area (Å²) in [5.41, 5.74) is 2.42. The Bertz CT molecular complexity index is 754. The third-order valence-corrected chi connectivity index (χ3v) is 4.81. The summed E-state index contributed by atoms with van der Waals surface area (Å²) in [6, 6.07) is 14.8. The molecule has 1 aromatic carbocycles. The van der Waals surface area contributed by atoms with Crippen molar-refractivity contribution >= 4 is 11.8 Å². The molecule has 2 aromatic rings. The van der Waals surface area contributed by atoms with Gasteiger partial charge in [0.1, 0.15) is 5.82 Å². The van der Waals surface area contributed by atoms with Crippen molar-refractivity contribution in [3.8, 4) is 11.1 Å². The molecule has 0 aliphatic carbocycles. The minimum atomic E-state index is -5.08. The van der Waals surface area contributed by atoms with Crippen LogP contribution < -0.4 is 10.2 Å². The van der Waals surface area contributed by atoms with Crippen LogP contribution in [0.15, 0.2) is 48.7 Å². The topological polar surface area (TPSA) is 65.5 Å². The zero-order chi connectivity index (χ0) is 19.4. The number of rotatable bonds is 2. The van der Waals surface area contributed by atoms with Crippen LogP contribution in [0.2, 0.25) is 0 Å². The third kappa shape index (κ3) is 4.77. The van der Waals surface area contributed by atoms with Gasteiger partial charge in [-0.05, 0) is 29.5 Å². The summed E-state index contributed by atoms with van der Waals surface area (Å²) < 4.78 is 31.7. The van der Waals surface area contributed by atoms with E-state index >= 15 is 0 Å². The van der Waals surface area contributed by atoms with E-state index in [1.54, 1.807) is 0 Å². The number of benzene rings is 1.